The Kier molecular flexibility index (Phi) is 4.40. The molecule has 4 nitrogen and oxygen atoms in total. The van der Waals surface area contributed by atoms with Gasteiger partial charge in [-0.25, -0.2) is 9.97 Å². The van der Waals surface area contributed by atoms with Crippen LogP contribution in [0.4, 0.5) is 5.95 Å². The van der Waals surface area contributed by atoms with E-state index in [4.69, 9.17) is 0 Å². The summed E-state index contributed by atoms with van der Waals surface area (Å²) in [6.07, 6.45) is 7.67. The van der Waals surface area contributed by atoms with E-state index in [1.54, 1.807) is 0 Å². The first-order chi connectivity index (χ1) is 11.1. The molecular weight excluding hydrogens is 296 g/mol. The van der Waals surface area contributed by atoms with Gasteiger partial charge in [-0.3, -0.25) is 4.90 Å². The van der Waals surface area contributed by atoms with Crippen molar-refractivity contribution in [2.45, 2.75) is 66.3 Å². The molecule has 0 radical (unpaired) electrons. The Morgan fingerprint density at radius 3 is 1.96 bits per heavy atom. The largest absolute Gasteiger partial charge is 0.340 e. The van der Waals surface area contributed by atoms with Crippen LogP contribution in [0.15, 0.2) is 12.4 Å². The van der Waals surface area contributed by atoms with Gasteiger partial charge in [0, 0.05) is 36.4 Å². The quantitative estimate of drug-likeness (QED) is 0.826. The van der Waals surface area contributed by atoms with E-state index < -0.39 is 0 Å². The van der Waals surface area contributed by atoms with Gasteiger partial charge in [-0.15, -0.1) is 0 Å². The van der Waals surface area contributed by atoms with Crippen LogP contribution in [-0.2, 0) is 6.42 Å². The Morgan fingerprint density at radius 1 is 0.958 bits per heavy atom. The predicted octanol–water partition coefficient (Wildman–Crippen LogP) is 3.77. The Morgan fingerprint density at radius 2 is 1.50 bits per heavy atom. The topological polar surface area (TPSA) is 32.3 Å². The van der Waals surface area contributed by atoms with Gasteiger partial charge in [-0.2, -0.15) is 0 Å². The number of piperidine rings is 1. The van der Waals surface area contributed by atoms with E-state index in [-0.39, 0.29) is 5.41 Å². The van der Waals surface area contributed by atoms with Crippen molar-refractivity contribution in [2.24, 2.45) is 10.8 Å². The summed E-state index contributed by atoms with van der Waals surface area (Å²) in [7, 11) is 0. The molecule has 0 saturated carbocycles. The first-order valence-corrected chi connectivity index (χ1v) is 9.37. The Labute approximate surface area is 147 Å². The molecule has 4 heteroatoms. The van der Waals surface area contributed by atoms with Crippen molar-refractivity contribution in [3.05, 3.63) is 18.0 Å². The molecule has 0 unspecified atom stereocenters. The second-order valence-electron chi connectivity index (χ2n) is 10.1. The van der Waals surface area contributed by atoms with Gasteiger partial charge in [0.15, 0.2) is 0 Å². The summed E-state index contributed by atoms with van der Waals surface area (Å²) in [5, 5.41) is 0. The van der Waals surface area contributed by atoms with Gasteiger partial charge in [0.1, 0.15) is 0 Å². The van der Waals surface area contributed by atoms with Crippen LogP contribution < -0.4 is 4.90 Å². The standard InChI is InChI=1S/C20H34N4/c1-18(2,3)11-16-12-21-17(22-13-16)23-14-20(15-23)7-9-24(10-8-20)19(4,5)6/h12-13H,7-11,14-15H2,1-6H3. The monoisotopic (exact) mass is 330 g/mol. The Balaban J connectivity index is 1.54. The van der Waals surface area contributed by atoms with Gasteiger partial charge in [0.2, 0.25) is 5.95 Å². The van der Waals surface area contributed by atoms with E-state index in [1.165, 1.54) is 31.5 Å². The molecule has 2 saturated heterocycles. The second kappa shape index (κ2) is 5.98. The van der Waals surface area contributed by atoms with Crippen molar-refractivity contribution < 1.29 is 0 Å². The fraction of sp³-hybridized carbons (Fsp3) is 0.800. The fourth-order valence-electron chi connectivity index (χ4n) is 4.09. The maximum Gasteiger partial charge on any atom is 0.225 e. The lowest BCUT2D eigenvalue weighted by molar-refractivity contribution is 0.0265. The minimum Gasteiger partial charge on any atom is -0.340 e. The van der Waals surface area contributed by atoms with Crippen LogP contribution >= 0.6 is 0 Å². The third-order valence-electron chi connectivity index (χ3n) is 5.53. The first kappa shape index (κ1) is 17.7. The van der Waals surface area contributed by atoms with E-state index in [2.05, 4.69) is 61.3 Å². The van der Waals surface area contributed by atoms with Crippen LogP contribution in [0.5, 0.6) is 0 Å². The maximum absolute atomic E-state index is 4.62. The van der Waals surface area contributed by atoms with Crippen LogP contribution in [0, 0.1) is 10.8 Å². The summed E-state index contributed by atoms with van der Waals surface area (Å²) >= 11 is 0. The number of nitrogens with zero attached hydrogens (tertiary/aromatic N) is 4. The van der Waals surface area contributed by atoms with Crippen LogP contribution in [0.3, 0.4) is 0 Å². The summed E-state index contributed by atoms with van der Waals surface area (Å²) in [5.74, 6) is 0.913. The number of aromatic nitrogens is 2. The van der Waals surface area contributed by atoms with Crippen molar-refractivity contribution >= 4 is 5.95 Å². The molecule has 24 heavy (non-hydrogen) atoms. The van der Waals surface area contributed by atoms with E-state index in [0.717, 1.165) is 25.5 Å². The molecule has 0 aromatic carbocycles. The molecule has 0 aliphatic carbocycles. The summed E-state index contributed by atoms with van der Waals surface area (Å²) in [5.41, 5.74) is 2.33. The summed E-state index contributed by atoms with van der Waals surface area (Å²) in [4.78, 5) is 14.2. The van der Waals surface area contributed by atoms with Crippen molar-refractivity contribution in [1.82, 2.24) is 14.9 Å². The molecule has 1 aromatic heterocycles. The van der Waals surface area contributed by atoms with Crippen LogP contribution in [0.2, 0.25) is 0 Å². The van der Waals surface area contributed by atoms with Gasteiger partial charge < -0.3 is 4.90 Å². The van der Waals surface area contributed by atoms with Gasteiger partial charge in [0.05, 0.1) is 0 Å². The van der Waals surface area contributed by atoms with E-state index in [1.807, 2.05) is 12.4 Å². The first-order valence-electron chi connectivity index (χ1n) is 9.37. The molecule has 2 aliphatic heterocycles. The molecule has 0 amide bonds. The minimum atomic E-state index is 0.284. The average molecular weight is 331 g/mol. The van der Waals surface area contributed by atoms with E-state index in [9.17, 15) is 0 Å². The SMILES string of the molecule is CC(C)(C)Cc1cnc(N2CC3(CCN(C(C)(C)C)CC3)C2)nc1. The van der Waals surface area contributed by atoms with Gasteiger partial charge in [-0.05, 0) is 64.1 Å². The van der Waals surface area contributed by atoms with Crippen LogP contribution in [-0.4, -0.2) is 46.6 Å². The molecule has 1 spiro atoms. The molecule has 1 aromatic rings. The van der Waals surface area contributed by atoms with Gasteiger partial charge >= 0.3 is 0 Å². The van der Waals surface area contributed by atoms with Crippen molar-refractivity contribution in [2.75, 3.05) is 31.1 Å². The second-order valence-corrected chi connectivity index (χ2v) is 10.1. The van der Waals surface area contributed by atoms with Crippen LogP contribution in [0.1, 0.15) is 59.9 Å². The molecule has 2 fully saturated rings. The van der Waals surface area contributed by atoms with Crippen molar-refractivity contribution in [3.63, 3.8) is 0 Å². The van der Waals surface area contributed by atoms with Crippen molar-refractivity contribution in [1.29, 1.82) is 0 Å². The fourth-order valence-corrected chi connectivity index (χ4v) is 4.09. The summed E-state index contributed by atoms with van der Waals surface area (Å²) < 4.78 is 0. The zero-order valence-electron chi connectivity index (χ0n) is 16.4. The maximum atomic E-state index is 4.62. The number of hydrogen-bond acceptors (Lipinski definition) is 4. The summed E-state index contributed by atoms with van der Waals surface area (Å²) in [6, 6.07) is 0. The van der Waals surface area contributed by atoms with E-state index in [0.29, 0.717) is 11.0 Å². The zero-order chi connectivity index (χ0) is 17.6. The number of hydrogen-bond donors (Lipinski definition) is 0. The lowest BCUT2D eigenvalue weighted by atomic mass is 9.71. The lowest BCUT2D eigenvalue weighted by Gasteiger charge is -2.55. The Hall–Kier alpha value is -1.16. The average Bonchev–Trinajstić information content (AvgIpc) is 2.43. The molecule has 3 heterocycles. The van der Waals surface area contributed by atoms with Crippen molar-refractivity contribution in [3.8, 4) is 0 Å². The molecule has 2 aliphatic rings. The highest BCUT2D eigenvalue weighted by molar-refractivity contribution is 5.36. The molecule has 134 valence electrons. The third-order valence-corrected chi connectivity index (χ3v) is 5.53. The highest BCUT2D eigenvalue weighted by Crippen LogP contribution is 2.42. The third kappa shape index (κ3) is 3.90. The number of anilines is 1. The summed E-state index contributed by atoms with van der Waals surface area (Å²) in [6.45, 7) is 18.4. The molecule has 0 atom stereocenters. The predicted molar refractivity (Wildman–Crippen MR) is 100 cm³/mol. The van der Waals surface area contributed by atoms with E-state index >= 15 is 0 Å². The number of rotatable bonds is 2. The smallest absolute Gasteiger partial charge is 0.225 e. The minimum absolute atomic E-state index is 0.284. The highest BCUT2D eigenvalue weighted by atomic mass is 15.3. The number of likely N-dealkylation sites (tertiary alicyclic amines) is 1. The molecule has 0 bridgehead atoms. The highest BCUT2D eigenvalue weighted by Gasteiger charge is 2.46. The van der Waals surface area contributed by atoms with Gasteiger partial charge in [-0.1, -0.05) is 20.8 Å². The lowest BCUT2D eigenvalue weighted by Crippen LogP contribution is -2.62. The normalized spacial score (nSPS) is 21.8. The zero-order valence-corrected chi connectivity index (χ0v) is 16.4. The van der Waals surface area contributed by atoms with Crippen LogP contribution in [0.25, 0.3) is 0 Å². The molecule has 3 rings (SSSR count). The Bertz CT molecular complexity index is 549. The van der Waals surface area contributed by atoms with Gasteiger partial charge in [0.25, 0.3) is 0 Å². The molecule has 0 N–H and O–H groups in total. The molecular formula is C20H34N4.